The van der Waals surface area contributed by atoms with E-state index in [1.807, 2.05) is 30.0 Å². The number of rotatable bonds is 7. The first-order chi connectivity index (χ1) is 16.1. The molecule has 5 rings (SSSR count). The molecule has 10 heteroatoms. The Morgan fingerprint density at radius 2 is 1.82 bits per heavy atom. The van der Waals surface area contributed by atoms with Gasteiger partial charge in [-0.3, -0.25) is 0 Å². The maximum absolute atomic E-state index is 6.52. The molecule has 0 saturated carbocycles. The van der Waals surface area contributed by atoms with Gasteiger partial charge in [-0.05, 0) is 36.4 Å². The average Bonchev–Trinajstić information content (AvgIpc) is 3.49. The molecular weight excluding hydrogens is 483 g/mol. The Kier molecular flexibility index (Phi) is 6.99. The first kappa shape index (κ1) is 22.8. The van der Waals surface area contributed by atoms with Crippen LogP contribution in [0, 0.1) is 0 Å². The standard InChI is InChI=1S/C23H24Cl2N4O3S/c24-17-1-6-21(22(25)11-17)23(14-28-15-26-27-16-28)31-13-20(32-23)12-30-19-4-2-18(3-5-19)29-7-9-33-10-8-29/h1-6,11,15-16,20H,7-10,12-14H2. The number of halogens is 2. The van der Waals surface area contributed by atoms with Crippen molar-refractivity contribution in [1.82, 2.24) is 14.8 Å². The van der Waals surface area contributed by atoms with Gasteiger partial charge in [0, 0.05) is 40.9 Å². The van der Waals surface area contributed by atoms with E-state index < -0.39 is 5.79 Å². The SMILES string of the molecule is Clc1ccc(C2(Cn3cnnc3)OCC(COc3ccc(N4CCSCC4)cc3)O2)c(Cl)c1. The van der Waals surface area contributed by atoms with Crippen LogP contribution in [0.4, 0.5) is 5.69 Å². The maximum atomic E-state index is 6.52. The zero-order valence-electron chi connectivity index (χ0n) is 17.9. The number of benzene rings is 2. The number of thioether (sulfide) groups is 1. The van der Waals surface area contributed by atoms with Crippen molar-refractivity contribution >= 4 is 40.7 Å². The quantitative estimate of drug-likeness (QED) is 0.467. The van der Waals surface area contributed by atoms with Crippen LogP contribution in [-0.4, -0.2) is 58.7 Å². The van der Waals surface area contributed by atoms with E-state index in [2.05, 4.69) is 27.2 Å². The lowest BCUT2D eigenvalue weighted by molar-refractivity contribution is -0.189. The summed E-state index contributed by atoms with van der Waals surface area (Å²) in [5, 5.41) is 8.78. The highest BCUT2D eigenvalue weighted by atomic mass is 35.5. The fraction of sp³-hybridized carbons (Fsp3) is 0.391. The third kappa shape index (κ3) is 5.25. The number of hydrogen-bond donors (Lipinski definition) is 0. The molecule has 174 valence electrons. The lowest BCUT2D eigenvalue weighted by Gasteiger charge is -2.29. The Morgan fingerprint density at radius 1 is 1.06 bits per heavy atom. The third-order valence-electron chi connectivity index (χ3n) is 5.71. The van der Waals surface area contributed by atoms with E-state index in [0.717, 1.165) is 18.8 Å². The van der Waals surface area contributed by atoms with E-state index in [-0.39, 0.29) is 6.10 Å². The fourth-order valence-corrected chi connectivity index (χ4v) is 5.52. The molecular formula is C23H24Cl2N4O3S. The van der Waals surface area contributed by atoms with Crippen molar-refractivity contribution in [1.29, 1.82) is 0 Å². The maximum Gasteiger partial charge on any atom is 0.215 e. The van der Waals surface area contributed by atoms with Crippen LogP contribution in [0.2, 0.25) is 10.0 Å². The number of nitrogens with zero attached hydrogens (tertiary/aromatic N) is 4. The van der Waals surface area contributed by atoms with Gasteiger partial charge in [0.05, 0.1) is 18.2 Å². The molecule has 2 unspecified atom stereocenters. The molecule has 2 saturated heterocycles. The highest BCUT2D eigenvalue weighted by Crippen LogP contribution is 2.40. The molecule has 0 amide bonds. The summed E-state index contributed by atoms with van der Waals surface area (Å²) < 4.78 is 20.4. The van der Waals surface area contributed by atoms with E-state index in [4.69, 9.17) is 37.4 Å². The molecule has 0 bridgehead atoms. The lowest BCUT2D eigenvalue weighted by Crippen LogP contribution is -2.34. The molecule has 2 fully saturated rings. The molecule has 3 aromatic rings. The first-order valence-corrected chi connectivity index (χ1v) is 12.7. The highest BCUT2D eigenvalue weighted by molar-refractivity contribution is 7.99. The minimum atomic E-state index is -1.09. The van der Waals surface area contributed by atoms with Crippen molar-refractivity contribution in [3.63, 3.8) is 0 Å². The van der Waals surface area contributed by atoms with Crippen LogP contribution in [0.3, 0.4) is 0 Å². The topological polar surface area (TPSA) is 61.6 Å². The number of hydrogen-bond acceptors (Lipinski definition) is 7. The Hall–Kier alpha value is -1.97. The van der Waals surface area contributed by atoms with Gasteiger partial charge >= 0.3 is 0 Å². The normalized spacial score (nSPS) is 23.1. The monoisotopic (exact) mass is 506 g/mol. The number of aromatic nitrogens is 3. The molecule has 0 N–H and O–H groups in total. The van der Waals surface area contributed by atoms with Crippen LogP contribution in [0.5, 0.6) is 5.75 Å². The van der Waals surface area contributed by atoms with Gasteiger partial charge in [0.15, 0.2) is 0 Å². The summed E-state index contributed by atoms with van der Waals surface area (Å²) in [6.07, 6.45) is 2.96. The molecule has 2 aliphatic heterocycles. The summed E-state index contributed by atoms with van der Waals surface area (Å²) in [4.78, 5) is 2.41. The van der Waals surface area contributed by atoms with Crippen LogP contribution in [-0.2, 0) is 21.8 Å². The van der Waals surface area contributed by atoms with E-state index in [0.29, 0.717) is 35.4 Å². The van der Waals surface area contributed by atoms with Crippen LogP contribution in [0.25, 0.3) is 0 Å². The molecule has 1 aromatic heterocycles. The van der Waals surface area contributed by atoms with Crippen LogP contribution in [0.15, 0.2) is 55.1 Å². The summed E-state index contributed by atoms with van der Waals surface area (Å²) in [5.41, 5.74) is 1.93. The second kappa shape index (κ2) is 10.1. The molecule has 2 atom stereocenters. The second-order valence-corrected chi connectivity index (χ2v) is 10.0. The lowest BCUT2D eigenvalue weighted by atomic mass is 10.1. The Bertz CT molecular complexity index is 1060. The number of ether oxygens (including phenoxy) is 3. The highest BCUT2D eigenvalue weighted by Gasteiger charge is 2.45. The van der Waals surface area contributed by atoms with Crippen LogP contribution >= 0.6 is 35.0 Å². The predicted molar refractivity (Wildman–Crippen MR) is 130 cm³/mol. The van der Waals surface area contributed by atoms with Gasteiger partial charge in [-0.15, -0.1) is 10.2 Å². The molecule has 0 radical (unpaired) electrons. The number of anilines is 1. The summed E-state index contributed by atoms with van der Waals surface area (Å²) in [7, 11) is 0. The minimum Gasteiger partial charge on any atom is -0.491 e. The van der Waals surface area contributed by atoms with E-state index in [9.17, 15) is 0 Å². The molecule has 0 aliphatic carbocycles. The summed E-state index contributed by atoms with van der Waals surface area (Å²) in [5.74, 6) is 2.06. The summed E-state index contributed by atoms with van der Waals surface area (Å²) in [6.45, 7) is 3.24. The minimum absolute atomic E-state index is 0.271. The Morgan fingerprint density at radius 3 is 2.55 bits per heavy atom. The Labute approximate surface area is 206 Å². The first-order valence-electron chi connectivity index (χ1n) is 10.8. The summed E-state index contributed by atoms with van der Waals surface area (Å²) in [6, 6.07) is 13.5. The van der Waals surface area contributed by atoms with Crippen molar-refractivity contribution in [2.24, 2.45) is 0 Å². The van der Waals surface area contributed by atoms with Gasteiger partial charge in [-0.25, -0.2) is 0 Å². The molecule has 2 aromatic carbocycles. The average molecular weight is 507 g/mol. The molecule has 7 nitrogen and oxygen atoms in total. The van der Waals surface area contributed by atoms with Gasteiger partial charge in [0.1, 0.15) is 31.1 Å². The molecule has 33 heavy (non-hydrogen) atoms. The predicted octanol–water partition coefficient (Wildman–Crippen LogP) is 4.49. The molecule has 2 aliphatic rings. The molecule has 0 spiro atoms. The van der Waals surface area contributed by atoms with Crippen molar-refractivity contribution in [3.05, 3.63) is 70.7 Å². The van der Waals surface area contributed by atoms with Gasteiger partial charge in [-0.1, -0.05) is 29.3 Å². The smallest absolute Gasteiger partial charge is 0.215 e. The van der Waals surface area contributed by atoms with Crippen molar-refractivity contribution < 1.29 is 14.2 Å². The van der Waals surface area contributed by atoms with Crippen LogP contribution < -0.4 is 9.64 Å². The van der Waals surface area contributed by atoms with Gasteiger partial charge < -0.3 is 23.7 Å². The van der Waals surface area contributed by atoms with Crippen molar-refractivity contribution in [2.75, 3.05) is 42.7 Å². The zero-order valence-corrected chi connectivity index (χ0v) is 20.2. The fourth-order valence-electron chi connectivity index (χ4n) is 4.06. The largest absolute Gasteiger partial charge is 0.491 e. The second-order valence-electron chi connectivity index (χ2n) is 7.97. The van der Waals surface area contributed by atoms with Gasteiger partial charge in [-0.2, -0.15) is 11.8 Å². The third-order valence-corrected chi connectivity index (χ3v) is 7.20. The van der Waals surface area contributed by atoms with Gasteiger partial charge in [0.25, 0.3) is 0 Å². The summed E-state index contributed by atoms with van der Waals surface area (Å²) >= 11 is 14.6. The zero-order chi connectivity index (χ0) is 22.7. The van der Waals surface area contributed by atoms with Crippen molar-refractivity contribution in [3.8, 4) is 5.75 Å². The van der Waals surface area contributed by atoms with E-state index >= 15 is 0 Å². The van der Waals surface area contributed by atoms with Gasteiger partial charge in [0.2, 0.25) is 5.79 Å². The van der Waals surface area contributed by atoms with Crippen LogP contribution in [0.1, 0.15) is 5.56 Å². The van der Waals surface area contributed by atoms with Crippen molar-refractivity contribution in [2.45, 2.75) is 18.4 Å². The molecule has 3 heterocycles. The Balaban J connectivity index is 1.26. The van der Waals surface area contributed by atoms with E-state index in [1.165, 1.54) is 17.2 Å². The van der Waals surface area contributed by atoms with E-state index in [1.54, 1.807) is 29.4 Å².